The number of amides is 1. The minimum atomic E-state index is -0.850. The lowest BCUT2D eigenvalue weighted by Crippen LogP contribution is -2.33. The zero-order valence-electron chi connectivity index (χ0n) is 15.5. The zero-order valence-corrected chi connectivity index (χ0v) is 15.5. The Kier molecular flexibility index (Phi) is 4.52. The summed E-state index contributed by atoms with van der Waals surface area (Å²) in [5.74, 6) is -0.712. The van der Waals surface area contributed by atoms with Gasteiger partial charge in [0.15, 0.2) is 11.5 Å². The largest absolute Gasteiger partial charge is 0.503 e. The van der Waals surface area contributed by atoms with Crippen molar-refractivity contribution in [2.45, 2.75) is 13.0 Å². The van der Waals surface area contributed by atoms with Crippen LogP contribution in [0.1, 0.15) is 28.1 Å². The van der Waals surface area contributed by atoms with E-state index in [9.17, 15) is 14.7 Å². The van der Waals surface area contributed by atoms with Gasteiger partial charge < -0.3 is 23.6 Å². The van der Waals surface area contributed by atoms with Crippen molar-refractivity contribution in [2.75, 3.05) is 20.3 Å². The van der Waals surface area contributed by atoms with Gasteiger partial charge in [-0.3, -0.25) is 9.59 Å². The van der Waals surface area contributed by atoms with E-state index in [-0.39, 0.29) is 24.5 Å². The fraction of sp³-hybridized carbons (Fsp3) is 0.238. The molecule has 1 unspecified atom stereocenters. The van der Waals surface area contributed by atoms with Gasteiger partial charge in [-0.2, -0.15) is 0 Å². The molecule has 0 radical (unpaired) electrons. The first-order valence-corrected chi connectivity index (χ1v) is 8.84. The molecule has 0 aliphatic carbocycles. The van der Waals surface area contributed by atoms with Crippen molar-refractivity contribution >= 4 is 22.7 Å². The molecule has 1 aromatic carbocycles. The summed E-state index contributed by atoms with van der Waals surface area (Å²) in [7, 11) is 1.51. The monoisotopic (exact) mass is 381 g/mol. The van der Waals surface area contributed by atoms with Crippen LogP contribution in [0.4, 0.5) is 0 Å². The Morgan fingerprint density at radius 3 is 2.68 bits per heavy atom. The smallest absolute Gasteiger partial charge is 0.290 e. The van der Waals surface area contributed by atoms with E-state index < -0.39 is 23.5 Å². The van der Waals surface area contributed by atoms with Crippen LogP contribution in [0, 0.1) is 6.92 Å². The van der Waals surface area contributed by atoms with Crippen LogP contribution in [0.3, 0.4) is 0 Å². The van der Waals surface area contributed by atoms with Gasteiger partial charge >= 0.3 is 0 Å². The Morgan fingerprint density at radius 2 is 2.00 bits per heavy atom. The summed E-state index contributed by atoms with van der Waals surface area (Å²) in [4.78, 5) is 27.2. The fourth-order valence-corrected chi connectivity index (χ4v) is 3.43. The minimum Gasteiger partial charge on any atom is -0.503 e. The number of benzene rings is 1. The molecule has 2 aromatic heterocycles. The van der Waals surface area contributed by atoms with Gasteiger partial charge in [0.2, 0.25) is 5.78 Å². The molecule has 28 heavy (non-hydrogen) atoms. The van der Waals surface area contributed by atoms with Gasteiger partial charge in [-0.15, -0.1) is 0 Å². The first-order chi connectivity index (χ1) is 13.5. The van der Waals surface area contributed by atoms with E-state index >= 15 is 0 Å². The molecule has 4 rings (SSSR count). The van der Waals surface area contributed by atoms with Gasteiger partial charge in [0.1, 0.15) is 23.1 Å². The van der Waals surface area contributed by atoms with E-state index in [2.05, 4.69) is 0 Å². The summed E-state index contributed by atoms with van der Waals surface area (Å²) in [5, 5.41) is 11.3. The number of aliphatic hydroxyl groups excluding tert-OH is 1. The van der Waals surface area contributed by atoms with Gasteiger partial charge in [-0.1, -0.05) is 18.2 Å². The molecule has 7 heteroatoms. The third kappa shape index (κ3) is 2.90. The highest BCUT2D eigenvalue weighted by atomic mass is 16.5. The molecule has 0 bridgehead atoms. The van der Waals surface area contributed by atoms with Crippen molar-refractivity contribution in [1.29, 1.82) is 0 Å². The zero-order chi connectivity index (χ0) is 19.8. The van der Waals surface area contributed by atoms with E-state index in [0.29, 0.717) is 17.1 Å². The number of aliphatic hydroxyl groups is 1. The number of ether oxygens (including phenoxy) is 1. The van der Waals surface area contributed by atoms with Crippen molar-refractivity contribution < 1.29 is 28.3 Å². The number of hydrogen-bond acceptors (Lipinski definition) is 6. The highest BCUT2D eigenvalue weighted by molar-refractivity contribution is 6.15. The fourth-order valence-electron chi connectivity index (χ4n) is 3.43. The number of furan rings is 2. The number of ketones is 1. The van der Waals surface area contributed by atoms with E-state index in [1.807, 2.05) is 12.1 Å². The second kappa shape index (κ2) is 7.01. The van der Waals surface area contributed by atoms with Crippen molar-refractivity contribution in [2.24, 2.45) is 0 Å². The summed E-state index contributed by atoms with van der Waals surface area (Å²) >= 11 is 0. The van der Waals surface area contributed by atoms with Crippen molar-refractivity contribution in [3.8, 4) is 0 Å². The molecule has 1 aliphatic rings. The second-order valence-electron chi connectivity index (χ2n) is 6.58. The molecular weight excluding hydrogens is 362 g/mol. The number of nitrogens with zero attached hydrogens (tertiary/aromatic N) is 1. The van der Waals surface area contributed by atoms with E-state index in [0.717, 1.165) is 5.39 Å². The van der Waals surface area contributed by atoms with E-state index in [1.165, 1.54) is 12.0 Å². The van der Waals surface area contributed by atoms with Gasteiger partial charge in [-0.25, -0.2) is 0 Å². The molecule has 1 N–H and O–H groups in total. The molecule has 0 saturated carbocycles. The summed E-state index contributed by atoms with van der Waals surface area (Å²) in [6.45, 7) is 2.21. The standard InChI is InChI=1S/C21H19NO6/c1-12-7-8-15(27-12)18-17(20(24)21(25)22(18)9-10-26-2)19(23)16-11-13-5-3-4-6-14(13)28-16/h3-8,11,18,24H,9-10H2,1-2H3. The predicted molar refractivity (Wildman–Crippen MR) is 100.0 cm³/mol. The van der Waals surface area contributed by atoms with Gasteiger partial charge in [0.05, 0.1) is 12.2 Å². The molecule has 3 heterocycles. The average Bonchev–Trinajstić information content (AvgIpc) is 3.37. The molecule has 0 spiro atoms. The molecule has 3 aromatic rings. The van der Waals surface area contributed by atoms with Crippen LogP contribution in [0.5, 0.6) is 0 Å². The molecular formula is C21H19NO6. The third-order valence-corrected chi connectivity index (χ3v) is 4.76. The number of Topliss-reactive ketones (excluding diaryl/α,β-unsaturated/α-hetero) is 1. The van der Waals surface area contributed by atoms with Gasteiger partial charge in [-0.05, 0) is 31.2 Å². The number of carbonyl (C=O) groups is 2. The van der Waals surface area contributed by atoms with Gasteiger partial charge in [0, 0.05) is 19.0 Å². The molecule has 1 atom stereocenters. The Balaban J connectivity index is 1.79. The summed E-state index contributed by atoms with van der Waals surface area (Å²) < 4.78 is 16.4. The lowest BCUT2D eigenvalue weighted by atomic mass is 9.99. The van der Waals surface area contributed by atoms with Crippen molar-refractivity contribution in [3.05, 3.63) is 71.1 Å². The van der Waals surface area contributed by atoms with Crippen LogP contribution < -0.4 is 0 Å². The molecule has 1 amide bonds. The molecule has 1 aliphatic heterocycles. The quantitative estimate of drug-likeness (QED) is 0.656. The lowest BCUT2D eigenvalue weighted by Gasteiger charge is -2.24. The second-order valence-corrected chi connectivity index (χ2v) is 6.58. The average molecular weight is 381 g/mol. The Hall–Kier alpha value is -3.32. The minimum absolute atomic E-state index is 0.0532. The highest BCUT2D eigenvalue weighted by Gasteiger charge is 2.45. The topological polar surface area (TPSA) is 93.1 Å². The summed E-state index contributed by atoms with van der Waals surface area (Å²) in [6, 6.07) is 11.4. The first-order valence-electron chi connectivity index (χ1n) is 8.84. The number of fused-ring (bicyclic) bond motifs is 1. The number of hydrogen-bond donors (Lipinski definition) is 1. The SMILES string of the molecule is COCCN1C(=O)C(O)=C(C(=O)c2cc3ccccc3o2)C1c1ccc(C)o1. The maximum atomic E-state index is 13.2. The normalized spacial score (nSPS) is 17.1. The van der Waals surface area contributed by atoms with E-state index in [4.69, 9.17) is 13.6 Å². The number of para-hydroxylation sites is 1. The van der Waals surface area contributed by atoms with Crippen LogP contribution in [-0.2, 0) is 9.53 Å². The first kappa shape index (κ1) is 18.1. The van der Waals surface area contributed by atoms with Crippen LogP contribution in [-0.4, -0.2) is 42.0 Å². The summed E-state index contributed by atoms with van der Waals surface area (Å²) in [6.07, 6.45) is 0. The maximum absolute atomic E-state index is 13.2. The number of rotatable bonds is 6. The van der Waals surface area contributed by atoms with E-state index in [1.54, 1.807) is 37.3 Å². The molecule has 7 nitrogen and oxygen atoms in total. The number of methoxy groups -OCH3 is 1. The molecule has 144 valence electrons. The molecule has 0 fully saturated rings. The van der Waals surface area contributed by atoms with Crippen molar-refractivity contribution in [1.82, 2.24) is 4.90 Å². The summed E-state index contributed by atoms with van der Waals surface area (Å²) in [5.41, 5.74) is 0.492. The Labute approximate surface area is 160 Å². The Morgan fingerprint density at radius 1 is 1.21 bits per heavy atom. The molecule has 0 saturated heterocycles. The number of aryl methyl sites for hydroxylation is 1. The van der Waals surface area contributed by atoms with Crippen LogP contribution in [0.15, 0.2) is 62.6 Å². The third-order valence-electron chi connectivity index (χ3n) is 4.76. The lowest BCUT2D eigenvalue weighted by molar-refractivity contribution is -0.130. The highest BCUT2D eigenvalue weighted by Crippen LogP contribution is 2.40. The van der Waals surface area contributed by atoms with Crippen molar-refractivity contribution in [3.63, 3.8) is 0 Å². The van der Waals surface area contributed by atoms with Crippen LogP contribution >= 0.6 is 0 Å². The van der Waals surface area contributed by atoms with Crippen LogP contribution in [0.2, 0.25) is 0 Å². The Bertz CT molecular complexity index is 1060. The maximum Gasteiger partial charge on any atom is 0.290 e. The number of carbonyl (C=O) groups excluding carboxylic acids is 2. The van der Waals surface area contributed by atoms with Crippen LogP contribution in [0.25, 0.3) is 11.0 Å². The predicted octanol–water partition coefficient (Wildman–Crippen LogP) is 3.56. The van der Waals surface area contributed by atoms with Gasteiger partial charge in [0.25, 0.3) is 5.91 Å².